The number of amides is 2. The summed E-state index contributed by atoms with van der Waals surface area (Å²) < 4.78 is 1.94. The minimum Gasteiger partial charge on any atom is -0.338 e. The predicted molar refractivity (Wildman–Crippen MR) is 80.7 cm³/mol. The number of rotatable bonds is 3. The number of nitrogens with zero attached hydrogens (tertiary/aromatic N) is 1. The van der Waals surface area contributed by atoms with Crippen LogP contribution in [0.5, 0.6) is 0 Å². The summed E-state index contributed by atoms with van der Waals surface area (Å²) in [5.41, 5.74) is 0.494. The first kappa shape index (κ1) is 13.8. The van der Waals surface area contributed by atoms with Gasteiger partial charge in [0, 0.05) is 30.7 Å². The van der Waals surface area contributed by atoms with Crippen LogP contribution in [0.1, 0.15) is 25.3 Å². The first-order valence-corrected chi connectivity index (χ1v) is 7.13. The molecule has 1 aliphatic heterocycles. The zero-order chi connectivity index (χ0) is 15.0. The maximum absolute atomic E-state index is 12.2. The highest BCUT2D eigenvalue weighted by molar-refractivity contribution is 6.01. The van der Waals surface area contributed by atoms with Gasteiger partial charge in [-0.05, 0) is 31.3 Å². The average molecular weight is 285 g/mol. The number of fused-ring (bicyclic) bond motifs is 1. The molecule has 0 radical (unpaired) electrons. The maximum Gasteiger partial charge on any atom is 0.252 e. The summed E-state index contributed by atoms with van der Waals surface area (Å²) in [7, 11) is 1.91. The number of piperidine rings is 1. The van der Waals surface area contributed by atoms with Crippen molar-refractivity contribution in [1.82, 2.24) is 15.2 Å². The molecule has 0 aliphatic carbocycles. The monoisotopic (exact) mass is 285 g/mol. The molecule has 0 spiro atoms. The molecule has 0 unspecified atom stereocenters. The third kappa shape index (κ3) is 2.23. The van der Waals surface area contributed by atoms with Crippen LogP contribution in [0.25, 0.3) is 10.8 Å². The van der Waals surface area contributed by atoms with Crippen molar-refractivity contribution >= 4 is 22.6 Å². The largest absolute Gasteiger partial charge is 0.338 e. The molecule has 21 heavy (non-hydrogen) atoms. The van der Waals surface area contributed by atoms with E-state index < -0.39 is 5.54 Å². The quantitative estimate of drug-likeness (QED) is 0.840. The molecule has 1 saturated heterocycles. The van der Waals surface area contributed by atoms with E-state index in [9.17, 15) is 9.59 Å². The first-order chi connectivity index (χ1) is 10.0. The van der Waals surface area contributed by atoms with Gasteiger partial charge in [0.05, 0.1) is 0 Å². The number of nitrogens with one attached hydrogen (secondary N) is 2. The van der Waals surface area contributed by atoms with E-state index in [-0.39, 0.29) is 11.8 Å². The SMILES string of the molecule is CNCc1cccc2cn([C@@]3(C)CCC(=O)NC3=O)cc12. The number of carbonyl (C=O) groups excluding carboxylic acids is 2. The smallest absolute Gasteiger partial charge is 0.252 e. The Morgan fingerprint density at radius 2 is 2.14 bits per heavy atom. The Bertz CT molecular complexity index is 719. The number of imide groups is 1. The normalized spacial score (nSPS) is 22.6. The number of hydrogen-bond acceptors (Lipinski definition) is 3. The van der Waals surface area contributed by atoms with Gasteiger partial charge in [-0.1, -0.05) is 18.2 Å². The van der Waals surface area contributed by atoms with Gasteiger partial charge in [0.15, 0.2) is 0 Å². The van der Waals surface area contributed by atoms with Crippen LogP contribution in [0, 0.1) is 0 Å². The summed E-state index contributed by atoms with van der Waals surface area (Å²) in [4.78, 5) is 23.6. The number of aromatic nitrogens is 1. The van der Waals surface area contributed by atoms with Crippen LogP contribution in [0.3, 0.4) is 0 Å². The van der Waals surface area contributed by atoms with Gasteiger partial charge in [-0.3, -0.25) is 14.9 Å². The standard InChI is InChI=1S/C16H19N3O2/c1-16(7-6-14(20)18-15(16)21)19-9-12-5-3-4-11(8-17-2)13(12)10-19/h3-5,9-10,17H,6-8H2,1-2H3,(H,18,20,21)/t16-/m0/s1. The highest BCUT2D eigenvalue weighted by atomic mass is 16.2. The van der Waals surface area contributed by atoms with E-state index in [4.69, 9.17) is 0 Å². The minimum absolute atomic E-state index is 0.190. The van der Waals surface area contributed by atoms with Gasteiger partial charge in [-0.25, -0.2) is 0 Å². The zero-order valence-corrected chi connectivity index (χ0v) is 12.3. The Balaban J connectivity index is 2.07. The molecule has 2 amide bonds. The molecule has 5 heteroatoms. The van der Waals surface area contributed by atoms with Gasteiger partial charge in [0.2, 0.25) is 5.91 Å². The summed E-state index contributed by atoms with van der Waals surface area (Å²) in [5.74, 6) is -0.417. The number of hydrogen-bond donors (Lipinski definition) is 2. The molecule has 1 aromatic carbocycles. The van der Waals surface area contributed by atoms with E-state index in [1.165, 1.54) is 5.56 Å². The number of benzene rings is 1. The third-order valence-corrected chi connectivity index (χ3v) is 4.29. The average Bonchev–Trinajstić information content (AvgIpc) is 2.89. The predicted octanol–water partition coefficient (Wildman–Crippen LogP) is 1.51. The second kappa shape index (κ2) is 5.00. The Labute approximate surface area is 123 Å². The summed E-state index contributed by atoms with van der Waals surface area (Å²) in [6.07, 6.45) is 4.90. The fourth-order valence-corrected chi connectivity index (χ4v) is 2.90. The Morgan fingerprint density at radius 3 is 2.86 bits per heavy atom. The molecule has 110 valence electrons. The molecule has 2 aromatic rings. The van der Waals surface area contributed by atoms with Gasteiger partial charge in [-0.2, -0.15) is 0 Å². The lowest BCUT2D eigenvalue weighted by Crippen LogP contribution is -2.52. The van der Waals surface area contributed by atoms with E-state index in [0.29, 0.717) is 12.8 Å². The summed E-state index contributed by atoms with van der Waals surface area (Å²) in [6, 6.07) is 6.14. The number of carbonyl (C=O) groups is 2. The topological polar surface area (TPSA) is 63.1 Å². The van der Waals surface area contributed by atoms with Gasteiger partial charge in [0.1, 0.15) is 5.54 Å². The van der Waals surface area contributed by atoms with Crippen LogP contribution in [-0.4, -0.2) is 23.4 Å². The molecule has 2 heterocycles. The summed E-state index contributed by atoms with van der Waals surface area (Å²) in [5, 5.41) is 7.84. The molecule has 1 aliphatic rings. The lowest BCUT2D eigenvalue weighted by molar-refractivity contribution is -0.140. The van der Waals surface area contributed by atoms with Crippen molar-refractivity contribution in [2.75, 3.05) is 7.05 Å². The molecule has 0 bridgehead atoms. The third-order valence-electron chi connectivity index (χ3n) is 4.29. The molecular formula is C16H19N3O2. The zero-order valence-electron chi connectivity index (χ0n) is 12.3. The summed E-state index contributed by atoms with van der Waals surface area (Å²) >= 11 is 0. The highest BCUT2D eigenvalue weighted by Gasteiger charge is 2.39. The van der Waals surface area contributed by atoms with Crippen molar-refractivity contribution < 1.29 is 9.59 Å². The van der Waals surface area contributed by atoms with Crippen molar-refractivity contribution in [3.8, 4) is 0 Å². The molecule has 2 N–H and O–H groups in total. The minimum atomic E-state index is -0.705. The maximum atomic E-state index is 12.2. The molecule has 0 saturated carbocycles. The van der Waals surface area contributed by atoms with Crippen molar-refractivity contribution in [2.45, 2.75) is 31.8 Å². The fraction of sp³-hybridized carbons (Fsp3) is 0.375. The van der Waals surface area contributed by atoms with Crippen LogP contribution < -0.4 is 10.6 Å². The van der Waals surface area contributed by atoms with Crippen LogP contribution in [0.15, 0.2) is 30.6 Å². The van der Waals surface area contributed by atoms with E-state index in [2.05, 4.69) is 16.7 Å². The molecule has 5 nitrogen and oxygen atoms in total. The van der Waals surface area contributed by atoms with E-state index in [0.717, 1.165) is 17.3 Å². The van der Waals surface area contributed by atoms with E-state index >= 15 is 0 Å². The van der Waals surface area contributed by atoms with Crippen molar-refractivity contribution in [2.24, 2.45) is 0 Å². The second-order valence-electron chi connectivity index (χ2n) is 5.77. The first-order valence-electron chi connectivity index (χ1n) is 7.13. The molecule has 1 fully saturated rings. The van der Waals surface area contributed by atoms with Crippen LogP contribution in [-0.2, 0) is 21.7 Å². The molecule has 1 aromatic heterocycles. The van der Waals surface area contributed by atoms with Gasteiger partial charge < -0.3 is 9.88 Å². The highest BCUT2D eigenvalue weighted by Crippen LogP contribution is 2.30. The van der Waals surface area contributed by atoms with Crippen LogP contribution in [0.4, 0.5) is 0 Å². The fourth-order valence-electron chi connectivity index (χ4n) is 2.90. The lowest BCUT2D eigenvalue weighted by Gasteiger charge is -2.33. The Kier molecular flexibility index (Phi) is 3.29. The summed E-state index contributed by atoms with van der Waals surface area (Å²) in [6.45, 7) is 2.66. The molecule has 3 rings (SSSR count). The van der Waals surface area contributed by atoms with Crippen molar-refractivity contribution in [1.29, 1.82) is 0 Å². The van der Waals surface area contributed by atoms with Gasteiger partial charge in [-0.15, -0.1) is 0 Å². The van der Waals surface area contributed by atoms with Gasteiger partial charge in [0.25, 0.3) is 5.91 Å². The van der Waals surface area contributed by atoms with Crippen LogP contribution in [0.2, 0.25) is 0 Å². The van der Waals surface area contributed by atoms with Gasteiger partial charge >= 0.3 is 0 Å². The Hall–Kier alpha value is -2.14. The van der Waals surface area contributed by atoms with E-state index in [1.807, 2.05) is 43.1 Å². The lowest BCUT2D eigenvalue weighted by atomic mass is 9.91. The Morgan fingerprint density at radius 1 is 1.33 bits per heavy atom. The van der Waals surface area contributed by atoms with Crippen molar-refractivity contribution in [3.05, 3.63) is 36.2 Å². The van der Waals surface area contributed by atoms with Crippen LogP contribution >= 0.6 is 0 Å². The van der Waals surface area contributed by atoms with Crippen molar-refractivity contribution in [3.63, 3.8) is 0 Å². The van der Waals surface area contributed by atoms with E-state index in [1.54, 1.807) is 0 Å². The molecule has 1 atom stereocenters. The molecular weight excluding hydrogens is 266 g/mol. The second-order valence-corrected chi connectivity index (χ2v) is 5.77.